The molecule has 0 aliphatic carbocycles. The van der Waals surface area contributed by atoms with Gasteiger partial charge in [-0.05, 0) is 35.8 Å². The largest absolute Gasteiger partial charge is 0.341 e. The molecule has 2 atom stereocenters. The van der Waals surface area contributed by atoms with Gasteiger partial charge < -0.3 is 10.2 Å². The number of nitrogens with zero attached hydrogens (tertiary/aromatic N) is 1. The van der Waals surface area contributed by atoms with E-state index in [1.165, 1.54) is 11.1 Å². The maximum Gasteiger partial charge on any atom is 0.236 e. The van der Waals surface area contributed by atoms with Crippen LogP contribution in [0.1, 0.15) is 51.3 Å². The van der Waals surface area contributed by atoms with E-state index in [0.717, 1.165) is 6.42 Å². The summed E-state index contributed by atoms with van der Waals surface area (Å²) in [6.07, 6.45) is 1.60. The molecule has 5 nitrogen and oxygen atoms in total. The summed E-state index contributed by atoms with van der Waals surface area (Å²) in [6.45, 7) is 8.91. The molecule has 1 aromatic rings. The molecule has 1 heterocycles. The van der Waals surface area contributed by atoms with Crippen LogP contribution in [0.15, 0.2) is 24.3 Å². The zero-order valence-electron chi connectivity index (χ0n) is 17.2. The molecule has 0 spiro atoms. The van der Waals surface area contributed by atoms with Crippen LogP contribution in [0.25, 0.3) is 0 Å². The fraction of sp³-hybridized carbons (Fsp3) is 0.667. The lowest BCUT2D eigenvalue weighted by Gasteiger charge is -2.27. The van der Waals surface area contributed by atoms with Crippen molar-refractivity contribution < 1.29 is 13.2 Å². The zero-order valence-corrected chi connectivity index (χ0v) is 18.1. The highest BCUT2D eigenvalue weighted by Gasteiger charge is 2.32. The summed E-state index contributed by atoms with van der Waals surface area (Å²) < 4.78 is 23.3. The van der Waals surface area contributed by atoms with Crippen LogP contribution in [-0.2, 0) is 21.1 Å². The first-order chi connectivity index (χ1) is 12.6. The summed E-state index contributed by atoms with van der Waals surface area (Å²) in [5.74, 6) is 1.17. The second-order valence-corrected chi connectivity index (χ2v) is 10.7. The summed E-state index contributed by atoms with van der Waals surface area (Å²) >= 11 is 0. The molecule has 0 unspecified atom stereocenters. The van der Waals surface area contributed by atoms with Crippen molar-refractivity contribution in [2.75, 3.05) is 25.1 Å². The van der Waals surface area contributed by atoms with E-state index >= 15 is 0 Å². The minimum atomic E-state index is -2.99. The molecule has 1 aromatic carbocycles. The Bertz CT molecular complexity index is 726. The maximum absolute atomic E-state index is 12.5. The molecule has 2 rings (SSSR count). The van der Waals surface area contributed by atoms with Crippen LogP contribution in [0, 0.1) is 11.8 Å². The van der Waals surface area contributed by atoms with E-state index in [1.54, 1.807) is 11.9 Å². The first-order valence-electron chi connectivity index (χ1n) is 9.87. The molecule has 1 saturated heterocycles. The van der Waals surface area contributed by atoms with E-state index in [4.69, 9.17) is 0 Å². The maximum atomic E-state index is 12.5. The number of nitrogens with one attached hydrogen (secondary N) is 1. The van der Waals surface area contributed by atoms with Crippen molar-refractivity contribution in [3.05, 3.63) is 35.4 Å². The predicted octanol–water partition coefficient (Wildman–Crippen LogP) is 2.82. The Balaban J connectivity index is 1.97. The Morgan fingerprint density at radius 3 is 2.30 bits per heavy atom. The highest BCUT2D eigenvalue weighted by atomic mass is 32.2. The van der Waals surface area contributed by atoms with Crippen LogP contribution >= 0.6 is 0 Å². The monoisotopic (exact) mass is 394 g/mol. The highest BCUT2D eigenvalue weighted by molar-refractivity contribution is 7.91. The average molecular weight is 395 g/mol. The van der Waals surface area contributed by atoms with Gasteiger partial charge in [-0.3, -0.25) is 4.79 Å². The van der Waals surface area contributed by atoms with Gasteiger partial charge in [-0.1, -0.05) is 52.0 Å². The van der Waals surface area contributed by atoms with Crippen molar-refractivity contribution >= 4 is 15.7 Å². The molecule has 1 fully saturated rings. The number of amides is 1. The van der Waals surface area contributed by atoms with Gasteiger partial charge in [0.15, 0.2) is 9.84 Å². The van der Waals surface area contributed by atoms with Crippen LogP contribution in [0.4, 0.5) is 0 Å². The van der Waals surface area contributed by atoms with E-state index in [1.807, 2.05) is 0 Å². The van der Waals surface area contributed by atoms with E-state index in [-0.39, 0.29) is 36.0 Å². The molecule has 1 aliphatic rings. The van der Waals surface area contributed by atoms with Crippen LogP contribution in [0.5, 0.6) is 0 Å². The zero-order chi connectivity index (χ0) is 20.2. The Morgan fingerprint density at radius 2 is 1.81 bits per heavy atom. The molecule has 0 saturated carbocycles. The Labute approximate surface area is 164 Å². The van der Waals surface area contributed by atoms with Crippen molar-refractivity contribution in [2.45, 2.75) is 52.6 Å². The Kier molecular flexibility index (Phi) is 7.46. The predicted molar refractivity (Wildman–Crippen MR) is 110 cm³/mol. The highest BCUT2D eigenvalue weighted by Crippen LogP contribution is 2.23. The van der Waals surface area contributed by atoms with Gasteiger partial charge in [-0.25, -0.2) is 8.42 Å². The van der Waals surface area contributed by atoms with Crippen LogP contribution in [0.3, 0.4) is 0 Å². The third-order valence-electron chi connectivity index (χ3n) is 5.27. The summed E-state index contributed by atoms with van der Waals surface area (Å²) in [4.78, 5) is 14.1. The van der Waals surface area contributed by atoms with Gasteiger partial charge in [-0.2, -0.15) is 0 Å². The summed E-state index contributed by atoms with van der Waals surface area (Å²) in [5.41, 5.74) is 2.51. The lowest BCUT2D eigenvalue weighted by atomic mass is 9.93. The quantitative estimate of drug-likeness (QED) is 0.736. The molecule has 152 valence electrons. The van der Waals surface area contributed by atoms with Crippen molar-refractivity contribution in [3.63, 3.8) is 0 Å². The number of sulfone groups is 1. The van der Waals surface area contributed by atoms with Gasteiger partial charge in [-0.15, -0.1) is 0 Å². The topological polar surface area (TPSA) is 66.5 Å². The molecule has 1 aliphatic heterocycles. The molecule has 27 heavy (non-hydrogen) atoms. The fourth-order valence-electron chi connectivity index (χ4n) is 3.68. The molecule has 6 heteroatoms. The lowest BCUT2D eigenvalue weighted by molar-refractivity contribution is -0.130. The summed E-state index contributed by atoms with van der Waals surface area (Å²) in [5, 5.41) is 3.38. The lowest BCUT2D eigenvalue weighted by Crippen LogP contribution is -2.43. The van der Waals surface area contributed by atoms with Gasteiger partial charge in [0.25, 0.3) is 0 Å². The minimum Gasteiger partial charge on any atom is -0.341 e. The van der Waals surface area contributed by atoms with E-state index < -0.39 is 9.84 Å². The van der Waals surface area contributed by atoms with Crippen molar-refractivity contribution in [1.29, 1.82) is 0 Å². The molecule has 0 radical (unpaired) electrons. The van der Waals surface area contributed by atoms with Crippen LogP contribution in [0.2, 0.25) is 0 Å². The fourth-order valence-corrected chi connectivity index (χ4v) is 5.45. The molecule has 1 N–H and O–H groups in total. The second-order valence-electron chi connectivity index (χ2n) is 8.50. The normalized spacial score (nSPS) is 20.2. The average Bonchev–Trinajstić information content (AvgIpc) is 2.94. The second kappa shape index (κ2) is 9.20. The van der Waals surface area contributed by atoms with Crippen molar-refractivity contribution in [1.82, 2.24) is 10.2 Å². The third kappa shape index (κ3) is 6.32. The number of hydrogen-bond donors (Lipinski definition) is 1. The number of carbonyl (C=O) groups is 1. The number of benzene rings is 1. The molecule has 0 bridgehead atoms. The first-order valence-corrected chi connectivity index (χ1v) is 11.7. The van der Waals surface area contributed by atoms with Gasteiger partial charge in [0.1, 0.15) is 0 Å². The smallest absolute Gasteiger partial charge is 0.236 e. The van der Waals surface area contributed by atoms with E-state index in [0.29, 0.717) is 18.3 Å². The molecular formula is C21H34N2O3S. The van der Waals surface area contributed by atoms with Gasteiger partial charge >= 0.3 is 0 Å². The molecular weight excluding hydrogens is 360 g/mol. The van der Waals surface area contributed by atoms with Gasteiger partial charge in [0.05, 0.1) is 18.1 Å². The van der Waals surface area contributed by atoms with Gasteiger partial charge in [0.2, 0.25) is 5.91 Å². The SMILES string of the molecule is CC(C)Cc1ccc([C@H](NCC(=O)N(C)[C@@H]2CCS(=O)(=O)C2)C(C)C)cc1. The minimum absolute atomic E-state index is 0.0563. The number of hydrogen-bond acceptors (Lipinski definition) is 4. The number of likely N-dealkylation sites (N-methyl/N-ethyl adjacent to an activating group) is 1. The van der Waals surface area contributed by atoms with E-state index in [9.17, 15) is 13.2 Å². The number of rotatable bonds is 8. The standard InChI is InChI=1S/C21H34N2O3S/c1-15(2)12-17-6-8-18(9-7-17)21(16(3)4)22-13-20(24)23(5)19-10-11-27(25,26)14-19/h6-9,15-16,19,21-22H,10-14H2,1-5H3/t19-,21-/m1/s1. The first kappa shape index (κ1) is 21.9. The van der Waals surface area contributed by atoms with Crippen LogP contribution < -0.4 is 5.32 Å². The third-order valence-corrected chi connectivity index (χ3v) is 7.02. The number of carbonyl (C=O) groups excluding carboxylic acids is 1. The Morgan fingerprint density at radius 1 is 1.19 bits per heavy atom. The molecule has 1 amide bonds. The molecule has 0 aromatic heterocycles. The van der Waals surface area contributed by atoms with Crippen molar-refractivity contribution in [3.8, 4) is 0 Å². The summed E-state index contributed by atoms with van der Waals surface area (Å²) in [7, 11) is -1.28. The van der Waals surface area contributed by atoms with Crippen LogP contribution in [-0.4, -0.2) is 50.4 Å². The van der Waals surface area contributed by atoms with Gasteiger partial charge in [0, 0.05) is 19.1 Å². The van der Waals surface area contributed by atoms with Crippen molar-refractivity contribution in [2.24, 2.45) is 11.8 Å². The Hall–Kier alpha value is -1.40. The van der Waals surface area contributed by atoms with E-state index in [2.05, 4.69) is 57.3 Å². The summed E-state index contributed by atoms with van der Waals surface area (Å²) in [6, 6.07) is 8.52.